The van der Waals surface area contributed by atoms with Crippen molar-refractivity contribution in [2.75, 3.05) is 5.75 Å². The number of ether oxygens (including phenoxy) is 1. The lowest BCUT2D eigenvalue weighted by Crippen LogP contribution is -2.50. The molecule has 0 radical (unpaired) electrons. The summed E-state index contributed by atoms with van der Waals surface area (Å²) in [6.45, 7) is 3.48. The van der Waals surface area contributed by atoms with Gasteiger partial charge in [0.05, 0.1) is 6.42 Å². The molecule has 1 saturated heterocycles. The first-order valence-electron chi connectivity index (χ1n) is 6.56. The monoisotopic (exact) mass is 328 g/mol. The molecule has 114 valence electrons. The molecule has 2 rings (SSSR count). The average Bonchev–Trinajstić information content (AvgIpc) is 2.34. The van der Waals surface area contributed by atoms with Gasteiger partial charge < -0.3 is 9.84 Å². The Morgan fingerprint density at radius 3 is 2.76 bits per heavy atom. The summed E-state index contributed by atoms with van der Waals surface area (Å²) in [6.07, 6.45) is 0.319. The number of rotatable bonds is 4. The van der Waals surface area contributed by atoms with E-state index in [4.69, 9.17) is 21.4 Å². The lowest BCUT2D eigenvalue weighted by Gasteiger charge is -2.40. The summed E-state index contributed by atoms with van der Waals surface area (Å²) in [7, 11) is 0. The highest BCUT2D eigenvalue weighted by Gasteiger charge is 2.47. The van der Waals surface area contributed by atoms with Crippen LogP contribution in [0, 0.1) is 0 Å². The van der Waals surface area contributed by atoms with Crippen LogP contribution in [0.1, 0.15) is 25.8 Å². The minimum absolute atomic E-state index is 0.232. The van der Waals surface area contributed by atoms with Crippen LogP contribution in [0.5, 0.6) is 0 Å². The maximum Gasteiger partial charge on any atom is 0.323 e. The first-order chi connectivity index (χ1) is 9.72. The van der Waals surface area contributed by atoms with Crippen molar-refractivity contribution >= 4 is 35.3 Å². The molecule has 1 aliphatic rings. The standard InChI is InChI=1S/C15H17ClO4S/c1-14(7-10-4-3-5-11(16)6-10)9-21-15(2,8-12(17)18)13(19)20-14/h3-6H,7-9H2,1-2H3,(H,17,18). The van der Waals surface area contributed by atoms with Crippen molar-refractivity contribution in [2.45, 2.75) is 37.0 Å². The summed E-state index contributed by atoms with van der Waals surface area (Å²) in [5.41, 5.74) is 0.338. The van der Waals surface area contributed by atoms with Crippen LogP contribution in [-0.4, -0.2) is 33.1 Å². The highest BCUT2D eigenvalue weighted by Crippen LogP contribution is 2.40. The van der Waals surface area contributed by atoms with Gasteiger partial charge in [0.15, 0.2) is 0 Å². The van der Waals surface area contributed by atoms with Gasteiger partial charge in [-0.15, -0.1) is 11.8 Å². The quantitative estimate of drug-likeness (QED) is 0.860. The van der Waals surface area contributed by atoms with Crippen LogP contribution in [0.2, 0.25) is 5.02 Å². The Bertz CT molecular complexity index is 577. The number of thioether (sulfide) groups is 1. The highest BCUT2D eigenvalue weighted by atomic mass is 35.5. The number of carbonyl (C=O) groups is 2. The lowest BCUT2D eigenvalue weighted by molar-refractivity contribution is -0.162. The van der Waals surface area contributed by atoms with Gasteiger partial charge in [0.2, 0.25) is 0 Å². The molecule has 1 N–H and O–H groups in total. The molecule has 1 heterocycles. The van der Waals surface area contributed by atoms with Crippen LogP contribution >= 0.6 is 23.4 Å². The van der Waals surface area contributed by atoms with E-state index in [0.717, 1.165) is 5.56 Å². The summed E-state index contributed by atoms with van der Waals surface area (Å²) in [4.78, 5) is 23.1. The Balaban J connectivity index is 2.10. The SMILES string of the molecule is CC1(Cc2cccc(Cl)c2)CSC(C)(CC(=O)O)C(=O)O1. The van der Waals surface area contributed by atoms with E-state index in [0.29, 0.717) is 17.2 Å². The van der Waals surface area contributed by atoms with Gasteiger partial charge in [0, 0.05) is 17.2 Å². The number of esters is 1. The normalized spacial score (nSPS) is 29.0. The number of hydrogen-bond acceptors (Lipinski definition) is 4. The van der Waals surface area contributed by atoms with Crippen molar-refractivity contribution in [3.8, 4) is 0 Å². The Hall–Kier alpha value is -1.20. The zero-order chi connectivity index (χ0) is 15.7. The van der Waals surface area contributed by atoms with E-state index in [-0.39, 0.29) is 6.42 Å². The van der Waals surface area contributed by atoms with Crippen molar-refractivity contribution in [3.63, 3.8) is 0 Å². The van der Waals surface area contributed by atoms with E-state index in [1.165, 1.54) is 11.8 Å². The topological polar surface area (TPSA) is 63.6 Å². The minimum Gasteiger partial charge on any atom is -0.481 e. The molecule has 6 heteroatoms. The van der Waals surface area contributed by atoms with E-state index >= 15 is 0 Å². The van der Waals surface area contributed by atoms with Gasteiger partial charge in [-0.2, -0.15) is 0 Å². The first kappa shape index (κ1) is 16.2. The molecular weight excluding hydrogens is 312 g/mol. The predicted octanol–water partition coefficient (Wildman–Crippen LogP) is 3.16. The molecule has 1 aromatic carbocycles. The number of cyclic esters (lactones) is 1. The molecule has 4 nitrogen and oxygen atoms in total. The van der Waals surface area contributed by atoms with Gasteiger partial charge in [0.1, 0.15) is 10.3 Å². The maximum absolute atomic E-state index is 12.2. The zero-order valence-electron chi connectivity index (χ0n) is 11.9. The van der Waals surface area contributed by atoms with Gasteiger partial charge in [-0.3, -0.25) is 9.59 Å². The van der Waals surface area contributed by atoms with Crippen molar-refractivity contribution in [2.24, 2.45) is 0 Å². The summed E-state index contributed by atoms with van der Waals surface area (Å²) < 4.78 is 4.55. The molecule has 1 aromatic rings. The molecule has 0 saturated carbocycles. The van der Waals surface area contributed by atoms with Gasteiger partial charge in [-0.1, -0.05) is 23.7 Å². The third-order valence-corrected chi connectivity index (χ3v) is 5.36. The Morgan fingerprint density at radius 1 is 1.48 bits per heavy atom. The fourth-order valence-corrected chi connectivity index (χ4v) is 3.69. The van der Waals surface area contributed by atoms with E-state index in [9.17, 15) is 9.59 Å². The summed E-state index contributed by atoms with van der Waals surface area (Å²) >= 11 is 7.30. The number of aliphatic carboxylic acids is 1. The number of carboxylic acids is 1. The van der Waals surface area contributed by atoms with Crippen LogP contribution in [0.15, 0.2) is 24.3 Å². The minimum atomic E-state index is -1.01. The second-order valence-corrected chi connectivity index (χ2v) is 7.65. The molecule has 0 amide bonds. The molecule has 0 aromatic heterocycles. The predicted molar refractivity (Wildman–Crippen MR) is 82.8 cm³/mol. The molecule has 21 heavy (non-hydrogen) atoms. The molecule has 2 atom stereocenters. The van der Waals surface area contributed by atoms with Gasteiger partial charge in [-0.05, 0) is 31.5 Å². The van der Waals surface area contributed by atoms with E-state index in [1.54, 1.807) is 13.0 Å². The largest absolute Gasteiger partial charge is 0.481 e. The smallest absolute Gasteiger partial charge is 0.323 e. The first-order valence-corrected chi connectivity index (χ1v) is 7.92. The number of carboxylic acid groups (broad SMARTS) is 1. The number of hydrogen-bond donors (Lipinski definition) is 1. The molecule has 1 fully saturated rings. The van der Waals surface area contributed by atoms with Crippen LogP contribution in [-0.2, 0) is 20.7 Å². The Morgan fingerprint density at radius 2 is 2.19 bits per heavy atom. The summed E-state index contributed by atoms with van der Waals surface area (Å²) in [5.74, 6) is -0.916. The van der Waals surface area contributed by atoms with Crippen LogP contribution in [0.25, 0.3) is 0 Å². The van der Waals surface area contributed by atoms with Crippen molar-refractivity contribution in [3.05, 3.63) is 34.9 Å². The highest BCUT2D eigenvalue weighted by molar-refractivity contribution is 8.01. The average molecular weight is 329 g/mol. The molecular formula is C15H17ClO4S. The van der Waals surface area contributed by atoms with Crippen LogP contribution in [0.3, 0.4) is 0 Å². The molecule has 1 aliphatic heterocycles. The molecule has 2 unspecified atom stereocenters. The number of carbonyl (C=O) groups excluding carboxylic acids is 1. The maximum atomic E-state index is 12.2. The van der Waals surface area contributed by atoms with Crippen LogP contribution in [0.4, 0.5) is 0 Å². The third kappa shape index (κ3) is 3.92. The van der Waals surface area contributed by atoms with Crippen LogP contribution < -0.4 is 0 Å². The molecule has 0 bridgehead atoms. The number of halogens is 1. The van der Waals surface area contributed by atoms with Gasteiger partial charge in [0.25, 0.3) is 0 Å². The summed E-state index contributed by atoms with van der Waals surface area (Å²) in [6, 6.07) is 7.42. The van der Waals surface area contributed by atoms with Crippen molar-refractivity contribution in [1.29, 1.82) is 0 Å². The zero-order valence-corrected chi connectivity index (χ0v) is 13.5. The third-order valence-electron chi connectivity index (χ3n) is 3.42. The van der Waals surface area contributed by atoms with E-state index in [1.807, 2.05) is 25.1 Å². The summed E-state index contributed by atoms with van der Waals surface area (Å²) in [5, 5.41) is 9.55. The second kappa shape index (κ2) is 5.89. The molecule has 0 spiro atoms. The van der Waals surface area contributed by atoms with E-state index in [2.05, 4.69) is 0 Å². The fourth-order valence-electron chi connectivity index (χ4n) is 2.31. The van der Waals surface area contributed by atoms with Crippen molar-refractivity contribution in [1.82, 2.24) is 0 Å². The molecule has 0 aliphatic carbocycles. The van der Waals surface area contributed by atoms with Gasteiger partial charge >= 0.3 is 11.9 Å². The Labute approximate surface area is 132 Å². The fraction of sp³-hybridized carbons (Fsp3) is 0.467. The Kier molecular flexibility index (Phi) is 4.54. The number of benzene rings is 1. The lowest BCUT2D eigenvalue weighted by atomic mass is 9.97. The van der Waals surface area contributed by atoms with Gasteiger partial charge in [-0.25, -0.2) is 0 Å². The van der Waals surface area contributed by atoms with Crippen molar-refractivity contribution < 1.29 is 19.4 Å². The van der Waals surface area contributed by atoms with E-state index < -0.39 is 22.3 Å². The second-order valence-electron chi connectivity index (χ2n) is 5.74.